The van der Waals surface area contributed by atoms with Gasteiger partial charge >= 0.3 is 0 Å². The van der Waals surface area contributed by atoms with Crippen molar-refractivity contribution in [3.8, 4) is 0 Å². The van der Waals surface area contributed by atoms with Crippen LogP contribution in [0.3, 0.4) is 0 Å². The predicted octanol–water partition coefficient (Wildman–Crippen LogP) is 6.74. The van der Waals surface area contributed by atoms with Crippen molar-refractivity contribution in [3.05, 3.63) is 99.2 Å². The molecule has 0 bridgehead atoms. The highest BCUT2D eigenvalue weighted by atomic mass is 32.2. The smallest absolute Gasteiger partial charge is 0.243 e. The second-order valence-electron chi connectivity index (χ2n) is 13.0. The molecule has 7 nitrogen and oxygen atoms in total. The highest BCUT2D eigenvalue weighted by Gasteiger charge is 2.45. The Balaban J connectivity index is 1.39. The van der Waals surface area contributed by atoms with E-state index < -0.39 is 10.0 Å². The molecule has 0 N–H and O–H groups in total. The molecule has 2 heterocycles. The molecule has 2 atom stereocenters. The second kappa shape index (κ2) is 12.7. The summed E-state index contributed by atoms with van der Waals surface area (Å²) in [7, 11) is -1.64. The SMILES string of the molecule is CC1=C(C)C(N2CCN(S(=O)(=O)c3ccc(C)cc3)CC2)C(C)(CSc2cccc(C(=O)c3cn(C)c(C)n3)c2C)C(C)=C1C. The van der Waals surface area contributed by atoms with Crippen LogP contribution < -0.4 is 0 Å². The van der Waals surface area contributed by atoms with E-state index in [9.17, 15) is 13.2 Å². The van der Waals surface area contributed by atoms with Gasteiger partial charge in [-0.1, -0.05) is 47.9 Å². The second-order valence-corrected chi connectivity index (χ2v) is 15.9. The summed E-state index contributed by atoms with van der Waals surface area (Å²) >= 11 is 1.80. The summed E-state index contributed by atoms with van der Waals surface area (Å²) in [5, 5.41) is 0. The van der Waals surface area contributed by atoms with Gasteiger partial charge in [-0.25, -0.2) is 13.4 Å². The van der Waals surface area contributed by atoms with Crippen LogP contribution in [0.2, 0.25) is 0 Å². The average molecular weight is 647 g/mol. The van der Waals surface area contributed by atoms with Gasteiger partial charge in [0.05, 0.1) is 4.90 Å². The Morgan fingerprint density at radius 2 is 1.58 bits per heavy atom. The van der Waals surface area contributed by atoms with Gasteiger partial charge in [0.25, 0.3) is 0 Å². The number of benzene rings is 2. The molecule has 1 aliphatic heterocycles. The number of aryl methyl sites for hydroxylation is 3. The minimum Gasteiger partial charge on any atom is -0.337 e. The lowest BCUT2D eigenvalue weighted by molar-refractivity contribution is 0.0962. The molecule has 2 unspecified atom stereocenters. The first-order chi connectivity index (χ1) is 21.2. The molecule has 5 rings (SSSR count). The van der Waals surface area contributed by atoms with Crippen molar-refractivity contribution in [2.45, 2.75) is 71.2 Å². The Labute approximate surface area is 273 Å². The number of thioether (sulfide) groups is 1. The van der Waals surface area contributed by atoms with Crippen LogP contribution in [-0.4, -0.2) is 70.9 Å². The van der Waals surface area contributed by atoms with Crippen molar-refractivity contribution in [2.24, 2.45) is 12.5 Å². The van der Waals surface area contributed by atoms with E-state index in [2.05, 4.69) is 50.6 Å². The van der Waals surface area contributed by atoms with Crippen molar-refractivity contribution < 1.29 is 13.2 Å². The highest BCUT2D eigenvalue weighted by Crippen LogP contribution is 2.49. The first-order valence-corrected chi connectivity index (χ1v) is 18.0. The van der Waals surface area contributed by atoms with Crippen LogP contribution in [-0.2, 0) is 17.1 Å². The van der Waals surface area contributed by atoms with E-state index in [0.29, 0.717) is 42.3 Å². The van der Waals surface area contributed by atoms with Gasteiger partial charge in [0.15, 0.2) is 0 Å². The molecule has 0 spiro atoms. The van der Waals surface area contributed by atoms with E-state index in [1.54, 1.807) is 34.4 Å². The van der Waals surface area contributed by atoms with Crippen LogP contribution >= 0.6 is 11.8 Å². The number of rotatable bonds is 8. The summed E-state index contributed by atoms with van der Waals surface area (Å²) in [5.41, 5.74) is 8.35. The van der Waals surface area contributed by atoms with Crippen LogP contribution in [0.25, 0.3) is 0 Å². The Kier molecular flexibility index (Phi) is 9.40. The van der Waals surface area contributed by atoms with Crippen LogP contribution in [0.15, 0.2) is 80.7 Å². The molecular weight excluding hydrogens is 601 g/mol. The summed E-state index contributed by atoms with van der Waals surface area (Å²) in [4.78, 5) is 21.9. The number of carbonyl (C=O) groups is 1. The maximum absolute atomic E-state index is 13.5. The van der Waals surface area contributed by atoms with Gasteiger partial charge in [-0.05, 0) is 83.4 Å². The fourth-order valence-electron chi connectivity index (χ4n) is 6.87. The largest absolute Gasteiger partial charge is 0.337 e. The Morgan fingerprint density at radius 3 is 2.18 bits per heavy atom. The molecule has 240 valence electrons. The number of aromatic nitrogens is 2. The number of sulfonamides is 1. The number of hydrogen-bond donors (Lipinski definition) is 0. The van der Waals surface area contributed by atoms with Crippen LogP contribution in [0.1, 0.15) is 67.6 Å². The molecule has 1 aliphatic carbocycles. The van der Waals surface area contributed by atoms with Crippen LogP contribution in [0, 0.1) is 26.2 Å². The van der Waals surface area contributed by atoms with Crippen LogP contribution in [0.5, 0.6) is 0 Å². The fourth-order valence-corrected chi connectivity index (χ4v) is 9.62. The van der Waals surface area contributed by atoms with E-state index in [-0.39, 0.29) is 17.2 Å². The minimum absolute atomic E-state index is 0.0554. The molecule has 1 saturated heterocycles. The lowest BCUT2D eigenvalue weighted by Crippen LogP contribution is -2.58. The van der Waals surface area contributed by atoms with Crippen molar-refractivity contribution in [1.29, 1.82) is 0 Å². The summed E-state index contributed by atoms with van der Waals surface area (Å²) < 4.78 is 30.4. The van der Waals surface area contributed by atoms with Crippen molar-refractivity contribution >= 4 is 27.6 Å². The number of nitrogens with zero attached hydrogens (tertiary/aromatic N) is 4. The number of piperazine rings is 1. The molecule has 0 saturated carbocycles. The maximum Gasteiger partial charge on any atom is 0.243 e. The Morgan fingerprint density at radius 1 is 0.933 bits per heavy atom. The molecule has 0 amide bonds. The van der Waals surface area contributed by atoms with E-state index in [0.717, 1.165) is 27.6 Å². The van der Waals surface area contributed by atoms with Crippen molar-refractivity contribution in [1.82, 2.24) is 18.8 Å². The monoisotopic (exact) mass is 646 g/mol. The number of allylic oxidation sites excluding steroid dienone is 2. The van der Waals surface area contributed by atoms with Gasteiger partial charge in [-0.2, -0.15) is 4.31 Å². The molecule has 3 aromatic rings. The standard InChI is InChI=1S/C36H46N4O3S2/c1-23-13-15-30(16-14-23)45(42,43)40-19-17-39(18-20-40)35-26(4)24(2)25(3)28(6)36(35,8)22-44-33-12-10-11-31(27(33)5)34(41)32-21-38(9)29(7)37-32/h10-16,21,35H,17-20,22H2,1-9H3. The Bertz CT molecular complexity index is 1780. The summed E-state index contributed by atoms with van der Waals surface area (Å²) in [6.45, 7) is 19.4. The third-order valence-electron chi connectivity index (χ3n) is 10.3. The predicted molar refractivity (Wildman–Crippen MR) is 183 cm³/mol. The third kappa shape index (κ3) is 6.12. The normalized spacial score (nSPS) is 21.9. The van der Waals surface area contributed by atoms with E-state index in [1.807, 2.05) is 56.7 Å². The molecule has 1 fully saturated rings. The number of hydrogen-bond acceptors (Lipinski definition) is 6. The molecular formula is C36H46N4O3S2. The highest BCUT2D eigenvalue weighted by molar-refractivity contribution is 7.99. The van der Waals surface area contributed by atoms with E-state index in [1.165, 1.54) is 22.3 Å². The first kappa shape index (κ1) is 33.4. The van der Waals surface area contributed by atoms with Crippen LogP contribution in [0.4, 0.5) is 0 Å². The van der Waals surface area contributed by atoms with Gasteiger partial charge in [0, 0.05) is 67.1 Å². The summed E-state index contributed by atoms with van der Waals surface area (Å²) in [6.07, 6.45) is 1.80. The topological polar surface area (TPSA) is 75.5 Å². The summed E-state index contributed by atoms with van der Waals surface area (Å²) in [6, 6.07) is 13.2. The molecule has 2 aliphatic rings. The number of carbonyl (C=O) groups excluding carboxylic acids is 1. The quantitative estimate of drug-likeness (QED) is 0.200. The number of imidazole rings is 1. The molecule has 0 radical (unpaired) electrons. The molecule has 1 aromatic heterocycles. The fraction of sp³-hybridized carbons (Fsp3) is 0.444. The minimum atomic E-state index is -3.54. The first-order valence-electron chi connectivity index (χ1n) is 15.6. The maximum atomic E-state index is 13.5. The lowest BCUT2D eigenvalue weighted by atomic mass is 9.67. The molecule has 45 heavy (non-hydrogen) atoms. The number of ketones is 1. The molecule has 9 heteroatoms. The Hall–Kier alpha value is -2.98. The van der Waals surface area contributed by atoms with Gasteiger partial charge < -0.3 is 4.57 Å². The third-order valence-corrected chi connectivity index (χ3v) is 13.7. The van der Waals surface area contributed by atoms with Gasteiger partial charge in [0.1, 0.15) is 11.5 Å². The van der Waals surface area contributed by atoms with Gasteiger partial charge in [-0.15, -0.1) is 11.8 Å². The van der Waals surface area contributed by atoms with E-state index in [4.69, 9.17) is 0 Å². The zero-order valence-electron chi connectivity index (χ0n) is 28.1. The average Bonchev–Trinajstić information content (AvgIpc) is 3.36. The lowest BCUT2D eigenvalue weighted by Gasteiger charge is -2.51. The van der Waals surface area contributed by atoms with Gasteiger partial charge in [0.2, 0.25) is 15.8 Å². The van der Waals surface area contributed by atoms with Crippen molar-refractivity contribution in [2.75, 3.05) is 31.9 Å². The zero-order valence-corrected chi connectivity index (χ0v) is 29.7. The van der Waals surface area contributed by atoms with Crippen molar-refractivity contribution in [3.63, 3.8) is 0 Å². The molecule has 2 aromatic carbocycles. The van der Waals surface area contributed by atoms with E-state index >= 15 is 0 Å². The summed E-state index contributed by atoms with van der Waals surface area (Å²) in [5.74, 6) is 1.58. The zero-order chi connectivity index (χ0) is 32.8. The van der Waals surface area contributed by atoms with Gasteiger partial charge in [-0.3, -0.25) is 9.69 Å².